The molecule has 0 aliphatic rings. The second-order valence-corrected chi connectivity index (χ2v) is 7.38. The number of aromatic nitrogens is 2. The van der Waals surface area contributed by atoms with Crippen LogP contribution in [0.5, 0.6) is 5.75 Å². The third kappa shape index (κ3) is 2.88. The van der Waals surface area contributed by atoms with Crippen molar-refractivity contribution < 1.29 is 9.53 Å². The Kier molecular flexibility index (Phi) is 4.82. The summed E-state index contributed by atoms with van der Waals surface area (Å²) >= 11 is 1.47. The Morgan fingerprint density at radius 1 is 1.38 bits per heavy atom. The predicted octanol–water partition coefficient (Wildman–Crippen LogP) is 3.19. The molecule has 136 valence electrons. The number of fused-ring (bicyclic) bond motifs is 1. The minimum Gasteiger partial charge on any atom is -0.496 e. The van der Waals surface area contributed by atoms with E-state index < -0.39 is 11.9 Å². The molecule has 26 heavy (non-hydrogen) atoms. The first kappa shape index (κ1) is 18.1. The lowest BCUT2D eigenvalue weighted by molar-refractivity contribution is -0.121. The summed E-state index contributed by atoms with van der Waals surface area (Å²) in [4.78, 5) is 30.9. The lowest BCUT2D eigenvalue weighted by Gasteiger charge is -2.14. The first-order chi connectivity index (χ1) is 12.4. The number of nitrogens with two attached hydrogens (primary N) is 1. The van der Waals surface area contributed by atoms with Crippen LogP contribution in [0.2, 0.25) is 0 Å². The number of amides is 1. The number of hydrogen-bond acceptors (Lipinski definition) is 5. The molecule has 1 aromatic carbocycles. The molecule has 3 aromatic rings. The van der Waals surface area contributed by atoms with Crippen molar-refractivity contribution in [2.24, 2.45) is 5.73 Å². The van der Waals surface area contributed by atoms with Crippen molar-refractivity contribution in [1.29, 1.82) is 0 Å². The highest BCUT2D eigenvalue weighted by Crippen LogP contribution is 2.37. The summed E-state index contributed by atoms with van der Waals surface area (Å²) in [6, 6.07) is 5.11. The molecule has 2 aromatic heterocycles. The highest BCUT2D eigenvalue weighted by molar-refractivity contribution is 7.19. The van der Waals surface area contributed by atoms with E-state index in [1.54, 1.807) is 7.11 Å². The van der Waals surface area contributed by atoms with E-state index in [1.807, 2.05) is 39.0 Å². The fourth-order valence-electron chi connectivity index (χ4n) is 3.25. The van der Waals surface area contributed by atoms with Gasteiger partial charge in [-0.3, -0.25) is 14.2 Å². The van der Waals surface area contributed by atoms with Crippen molar-refractivity contribution >= 4 is 27.5 Å². The van der Waals surface area contributed by atoms with Crippen LogP contribution >= 0.6 is 11.3 Å². The summed E-state index contributed by atoms with van der Waals surface area (Å²) in [7, 11) is 1.63. The molecule has 0 radical (unpaired) electrons. The number of nitrogens with zero attached hydrogens (tertiary/aromatic N) is 2. The fraction of sp³-hybridized carbons (Fsp3) is 0.316. The average molecular weight is 371 g/mol. The normalized spacial score (nSPS) is 12.3. The van der Waals surface area contributed by atoms with Crippen LogP contribution in [0.25, 0.3) is 21.3 Å². The fourth-order valence-corrected chi connectivity index (χ4v) is 4.26. The second-order valence-electron chi connectivity index (χ2n) is 6.18. The topological polar surface area (TPSA) is 87.2 Å². The van der Waals surface area contributed by atoms with Gasteiger partial charge >= 0.3 is 0 Å². The van der Waals surface area contributed by atoms with Gasteiger partial charge in [0.05, 0.1) is 18.8 Å². The van der Waals surface area contributed by atoms with E-state index in [1.165, 1.54) is 22.2 Å². The Labute approximate surface area is 155 Å². The number of primary amides is 1. The van der Waals surface area contributed by atoms with Gasteiger partial charge in [0.1, 0.15) is 16.6 Å². The Morgan fingerprint density at radius 2 is 2.12 bits per heavy atom. The van der Waals surface area contributed by atoms with Crippen molar-refractivity contribution in [3.63, 3.8) is 0 Å². The molecule has 0 aliphatic heterocycles. The van der Waals surface area contributed by atoms with E-state index in [9.17, 15) is 9.59 Å². The number of carbonyl (C=O) groups excluding carboxylic acids is 1. The Bertz CT molecular complexity index is 1050. The van der Waals surface area contributed by atoms with Gasteiger partial charge < -0.3 is 10.5 Å². The number of thiophene rings is 1. The third-order valence-corrected chi connectivity index (χ3v) is 5.56. The van der Waals surface area contributed by atoms with E-state index in [0.29, 0.717) is 16.6 Å². The van der Waals surface area contributed by atoms with Crippen LogP contribution in [0.3, 0.4) is 0 Å². The summed E-state index contributed by atoms with van der Waals surface area (Å²) in [5, 5.41) is 0.527. The number of hydrogen-bond donors (Lipinski definition) is 1. The van der Waals surface area contributed by atoms with Gasteiger partial charge in [0.15, 0.2) is 0 Å². The number of carbonyl (C=O) groups is 1. The zero-order valence-electron chi connectivity index (χ0n) is 15.2. The highest BCUT2D eigenvalue weighted by Gasteiger charge is 2.22. The number of rotatable bonds is 5. The van der Waals surface area contributed by atoms with Crippen molar-refractivity contribution in [2.45, 2.75) is 33.2 Å². The zero-order valence-corrected chi connectivity index (χ0v) is 16.0. The van der Waals surface area contributed by atoms with Crippen LogP contribution in [-0.2, 0) is 4.79 Å². The Morgan fingerprint density at radius 3 is 2.69 bits per heavy atom. The largest absolute Gasteiger partial charge is 0.496 e. The van der Waals surface area contributed by atoms with E-state index >= 15 is 0 Å². The van der Waals surface area contributed by atoms with Crippen LogP contribution in [0.1, 0.15) is 29.8 Å². The number of benzene rings is 1. The van der Waals surface area contributed by atoms with Crippen molar-refractivity contribution in [2.75, 3.05) is 7.11 Å². The quantitative estimate of drug-likeness (QED) is 0.746. The molecule has 1 atom stereocenters. The maximum atomic E-state index is 13.1. The number of ether oxygens (including phenoxy) is 1. The predicted molar refractivity (Wildman–Crippen MR) is 104 cm³/mol. The molecule has 0 aliphatic carbocycles. The Hall–Kier alpha value is -2.67. The van der Waals surface area contributed by atoms with Gasteiger partial charge in [-0.15, -0.1) is 11.3 Å². The molecule has 0 saturated carbocycles. The summed E-state index contributed by atoms with van der Waals surface area (Å²) < 4.78 is 6.67. The molecule has 0 saturated heterocycles. The van der Waals surface area contributed by atoms with E-state index in [4.69, 9.17) is 10.5 Å². The van der Waals surface area contributed by atoms with E-state index in [-0.39, 0.29) is 5.56 Å². The molecule has 0 fully saturated rings. The van der Waals surface area contributed by atoms with Crippen LogP contribution < -0.4 is 16.0 Å². The summed E-state index contributed by atoms with van der Waals surface area (Å²) in [6.07, 6.45) is 1.85. The molecule has 0 bridgehead atoms. The van der Waals surface area contributed by atoms with Gasteiger partial charge in [0.2, 0.25) is 5.91 Å². The van der Waals surface area contributed by atoms with Crippen molar-refractivity contribution in [3.05, 3.63) is 45.3 Å². The standard InChI is InChI=1S/C19H21N3O3S/c1-5-13(17(20)23)22-9-21-18-16(19(22)24)15(11(3)26-18)12-6-7-14(25-4)10(2)8-12/h6-9,13H,5H2,1-4H3,(H2,20,23). The SMILES string of the molecule is CCC(C(N)=O)n1cnc2sc(C)c(-c3ccc(OC)c(C)c3)c2c1=O. The molecule has 7 heteroatoms. The number of aryl methyl sites for hydroxylation is 2. The van der Waals surface area contributed by atoms with Gasteiger partial charge in [0, 0.05) is 10.4 Å². The molecule has 1 amide bonds. The highest BCUT2D eigenvalue weighted by atomic mass is 32.1. The van der Waals surface area contributed by atoms with Crippen LogP contribution in [0.4, 0.5) is 0 Å². The van der Waals surface area contributed by atoms with Crippen LogP contribution in [-0.4, -0.2) is 22.6 Å². The van der Waals surface area contributed by atoms with Crippen molar-refractivity contribution in [1.82, 2.24) is 9.55 Å². The Balaban J connectivity index is 2.30. The third-order valence-electron chi connectivity index (χ3n) is 4.55. The molecular weight excluding hydrogens is 350 g/mol. The molecule has 1 unspecified atom stereocenters. The van der Waals surface area contributed by atoms with Gasteiger partial charge in [-0.25, -0.2) is 4.98 Å². The molecule has 6 nitrogen and oxygen atoms in total. The molecule has 2 heterocycles. The minimum atomic E-state index is -0.704. The van der Waals surface area contributed by atoms with Gasteiger partial charge in [-0.1, -0.05) is 13.0 Å². The maximum absolute atomic E-state index is 13.1. The van der Waals surface area contributed by atoms with E-state index in [0.717, 1.165) is 27.3 Å². The van der Waals surface area contributed by atoms with Gasteiger partial charge in [-0.2, -0.15) is 0 Å². The van der Waals surface area contributed by atoms with Crippen LogP contribution in [0, 0.1) is 13.8 Å². The lowest BCUT2D eigenvalue weighted by atomic mass is 10.0. The molecule has 2 N–H and O–H groups in total. The number of methoxy groups -OCH3 is 1. The van der Waals surface area contributed by atoms with Gasteiger partial charge in [-0.05, 0) is 43.5 Å². The van der Waals surface area contributed by atoms with Gasteiger partial charge in [0.25, 0.3) is 5.56 Å². The summed E-state index contributed by atoms with van der Waals surface area (Å²) in [5.74, 6) is 0.255. The zero-order chi connectivity index (χ0) is 19.0. The minimum absolute atomic E-state index is 0.242. The smallest absolute Gasteiger partial charge is 0.263 e. The van der Waals surface area contributed by atoms with Crippen molar-refractivity contribution in [3.8, 4) is 16.9 Å². The lowest BCUT2D eigenvalue weighted by Crippen LogP contribution is -2.33. The first-order valence-electron chi connectivity index (χ1n) is 8.33. The molecule has 0 spiro atoms. The first-order valence-corrected chi connectivity index (χ1v) is 9.15. The second kappa shape index (κ2) is 6.92. The monoisotopic (exact) mass is 371 g/mol. The molecular formula is C19H21N3O3S. The summed E-state index contributed by atoms with van der Waals surface area (Å²) in [5.41, 5.74) is 7.98. The van der Waals surface area contributed by atoms with Crippen LogP contribution in [0.15, 0.2) is 29.3 Å². The maximum Gasteiger partial charge on any atom is 0.263 e. The average Bonchev–Trinajstić information content (AvgIpc) is 2.94. The van der Waals surface area contributed by atoms with E-state index in [2.05, 4.69) is 4.98 Å². The summed E-state index contributed by atoms with van der Waals surface area (Å²) in [6.45, 7) is 5.75. The molecule has 3 rings (SSSR count).